The van der Waals surface area contributed by atoms with E-state index in [-0.39, 0.29) is 66.9 Å². The Morgan fingerprint density at radius 1 is 1.20 bits per heavy atom. The highest BCUT2D eigenvalue weighted by Crippen LogP contribution is 2.34. The molecule has 2 aromatic heterocycles. The number of amides is 1. The molecule has 1 N–H and O–H groups in total. The first-order chi connectivity index (χ1) is 21.8. The van der Waals surface area contributed by atoms with Crippen LogP contribution in [0.2, 0.25) is 0 Å². The third kappa shape index (κ3) is 8.23. The summed E-state index contributed by atoms with van der Waals surface area (Å²) in [5.41, 5.74) is -0.582. The summed E-state index contributed by atoms with van der Waals surface area (Å²) in [4.78, 5) is 27.4. The standard InChI is InChI=1S/C33H43F3N6O4/c1-8-23-16-24(13-14-42(23)31(43)20(3)34)45-28-17-27(44-21(4)19(2)15-22(35)18-37-7)38-29(39-28)30-40-32(46-41-30)33(5,6)25-11-9-10-12-26(25)36/h9-12,17,19,21-24,37H,3,8,13-16,18H2,1-2,4-7H3/t19-,21-,22-,23+,24-/m0/s1. The largest absolute Gasteiger partial charge is 0.474 e. The minimum Gasteiger partial charge on any atom is -0.474 e. The van der Waals surface area contributed by atoms with Crippen LogP contribution in [-0.2, 0) is 10.2 Å². The van der Waals surface area contributed by atoms with Crippen LogP contribution in [0.15, 0.2) is 47.3 Å². The number of rotatable bonds is 14. The summed E-state index contributed by atoms with van der Waals surface area (Å²) >= 11 is 0. The number of hydrogen-bond donors (Lipinski definition) is 1. The molecule has 0 unspecified atom stereocenters. The molecule has 3 aromatic rings. The number of halogens is 3. The van der Waals surface area contributed by atoms with Crippen molar-refractivity contribution in [2.45, 2.75) is 90.1 Å². The molecule has 3 heterocycles. The monoisotopic (exact) mass is 644 g/mol. The molecule has 0 bridgehead atoms. The van der Waals surface area contributed by atoms with E-state index in [0.29, 0.717) is 24.8 Å². The molecule has 0 spiro atoms. The number of nitrogens with zero attached hydrogens (tertiary/aromatic N) is 5. The Kier molecular flexibility index (Phi) is 11.4. The number of piperidine rings is 1. The van der Waals surface area contributed by atoms with E-state index in [1.165, 1.54) is 11.0 Å². The molecule has 5 atom stereocenters. The fourth-order valence-electron chi connectivity index (χ4n) is 5.58. The van der Waals surface area contributed by atoms with Crippen LogP contribution < -0.4 is 14.8 Å². The maximum Gasteiger partial charge on any atom is 0.282 e. The molecule has 10 nitrogen and oxygen atoms in total. The van der Waals surface area contributed by atoms with Crippen molar-refractivity contribution in [3.63, 3.8) is 0 Å². The number of ether oxygens (including phenoxy) is 2. The van der Waals surface area contributed by atoms with Gasteiger partial charge in [-0.15, -0.1) is 0 Å². The number of nitrogens with one attached hydrogen (secondary N) is 1. The molecule has 1 amide bonds. The van der Waals surface area contributed by atoms with Gasteiger partial charge in [0.2, 0.25) is 29.3 Å². The van der Waals surface area contributed by atoms with Gasteiger partial charge in [0.05, 0.1) is 11.5 Å². The maximum absolute atomic E-state index is 14.7. The predicted molar refractivity (Wildman–Crippen MR) is 166 cm³/mol. The quantitative estimate of drug-likeness (QED) is 0.212. The number of alkyl halides is 1. The van der Waals surface area contributed by atoms with Gasteiger partial charge in [-0.2, -0.15) is 15.0 Å². The summed E-state index contributed by atoms with van der Waals surface area (Å²) in [6, 6.07) is 7.65. The van der Waals surface area contributed by atoms with Crippen molar-refractivity contribution in [3.8, 4) is 23.4 Å². The van der Waals surface area contributed by atoms with Gasteiger partial charge in [-0.25, -0.2) is 13.2 Å². The molecule has 250 valence electrons. The Balaban J connectivity index is 1.62. The lowest BCUT2D eigenvalue weighted by molar-refractivity contribution is -0.133. The van der Waals surface area contributed by atoms with Gasteiger partial charge >= 0.3 is 0 Å². The van der Waals surface area contributed by atoms with E-state index < -0.39 is 35.2 Å². The molecule has 0 saturated carbocycles. The van der Waals surface area contributed by atoms with Crippen LogP contribution in [0.4, 0.5) is 13.2 Å². The van der Waals surface area contributed by atoms with Crippen molar-refractivity contribution >= 4 is 5.91 Å². The first-order valence-corrected chi connectivity index (χ1v) is 15.6. The topological polar surface area (TPSA) is 116 Å². The number of benzene rings is 1. The van der Waals surface area contributed by atoms with Crippen molar-refractivity contribution in [1.82, 2.24) is 30.3 Å². The summed E-state index contributed by atoms with van der Waals surface area (Å²) in [6.45, 7) is 12.9. The average Bonchev–Trinajstić information content (AvgIpc) is 3.52. The van der Waals surface area contributed by atoms with Crippen LogP contribution in [-0.4, -0.2) is 75.5 Å². The van der Waals surface area contributed by atoms with E-state index >= 15 is 0 Å². The van der Waals surface area contributed by atoms with Crippen molar-refractivity contribution in [1.29, 1.82) is 0 Å². The Morgan fingerprint density at radius 2 is 1.91 bits per heavy atom. The molecule has 1 saturated heterocycles. The average molecular weight is 645 g/mol. The fraction of sp³-hybridized carbons (Fsp3) is 0.545. The van der Waals surface area contributed by atoms with Crippen molar-refractivity contribution in [2.24, 2.45) is 5.92 Å². The Labute approximate surface area is 267 Å². The highest BCUT2D eigenvalue weighted by atomic mass is 19.1. The Hall–Kier alpha value is -4.00. The number of carbonyl (C=O) groups excluding carboxylic acids is 1. The zero-order valence-electron chi connectivity index (χ0n) is 27.2. The highest BCUT2D eigenvalue weighted by molar-refractivity contribution is 5.90. The summed E-state index contributed by atoms with van der Waals surface area (Å²) in [5.74, 6) is -1.68. The van der Waals surface area contributed by atoms with Crippen molar-refractivity contribution < 1.29 is 32.0 Å². The van der Waals surface area contributed by atoms with E-state index in [2.05, 4.69) is 32.0 Å². The van der Waals surface area contributed by atoms with Gasteiger partial charge in [-0.3, -0.25) is 4.79 Å². The van der Waals surface area contributed by atoms with Gasteiger partial charge in [0.15, 0.2) is 5.83 Å². The zero-order valence-corrected chi connectivity index (χ0v) is 27.2. The van der Waals surface area contributed by atoms with Crippen molar-refractivity contribution in [3.05, 3.63) is 60.0 Å². The minimum atomic E-state index is -1.04. The molecule has 46 heavy (non-hydrogen) atoms. The number of aromatic nitrogens is 4. The van der Waals surface area contributed by atoms with Crippen LogP contribution in [0.1, 0.15) is 71.8 Å². The molecule has 1 aromatic carbocycles. The second kappa shape index (κ2) is 15.1. The Bertz CT molecular complexity index is 1500. The summed E-state index contributed by atoms with van der Waals surface area (Å²) in [5, 5.41) is 6.93. The molecule has 0 radical (unpaired) electrons. The zero-order chi connectivity index (χ0) is 33.6. The molecule has 13 heteroatoms. The van der Waals surface area contributed by atoms with E-state index in [0.717, 1.165) is 0 Å². The normalized spacial score (nSPS) is 18.9. The van der Waals surface area contributed by atoms with Crippen molar-refractivity contribution in [2.75, 3.05) is 20.1 Å². The van der Waals surface area contributed by atoms with E-state index in [4.69, 9.17) is 14.0 Å². The van der Waals surface area contributed by atoms with Crippen LogP contribution >= 0.6 is 0 Å². The summed E-state index contributed by atoms with van der Waals surface area (Å²) in [6.07, 6.45) is -0.0352. The predicted octanol–water partition coefficient (Wildman–Crippen LogP) is 5.97. The van der Waals surface area contributed by atoms with Gasteiger partial charge in [0, 0.05) is 37.5 Å². The van der Waals surface area contributed by atoms with Gasteiger partial charge in [0.1, 0.15) is 24.2 Å². The van der Waals surface area contributed by atoms with Crippen LogP contribution in [0.3, 0.4) is 0 Å². The molecular weight excluding hydrogens is 601 g/mol. The van der Waals surface area contributed by atoms with E-state index in [1.807, 2.05) is 20.8 Å². The van der Waals surface area contributed by atoms with E-state index in [1.54, 1.807) is 45.2 Å². The number of carbonyl (C=O) groups is 1. The van der Waals surface area contributed by atoms with Crippen LogP contribution in [0.25, 0.3) is 11.6 Å². The van der Waals surface area contributed by atoms with Crippen LogP contribution in [0.5, 0.6) is 11.8 Å². The minimum absolute atomic E-state index is 0.0431. The number of likely N-dealkylation sites (tertiary alicyclic amines) is 1. The van der Waals surface area contributed by atoms with Gasteiger partial charge in [-0.1, -0.05) is 43.8 Å². The lowest BCUT2D eigenvalue weighted by Crippen LogP contribution is -2.48. The summed E-state index contributed by atoms with van der Waals surface area (Å²) < 4.78 is 60.7. The first kappa shape index (κ1) is 34.9. The second-order valence-corrected chi connectivity index (χ2v) is 12.3. The SMILES string of the molecule is C=C(F)C(=O)N1CC[C@H](Oc2cc(O[C@@H](C)[C@@H](C)C[C@H](F)CNC)nc(-c3noc(C(C)(C)c4ccccc4F)n3)n2)C[C@H]1CC. The maximum atomic E-state index is 14.7. The highest BCUT2D eigenvalue weighted by Gasteiger charge is 2.35. The lowest BCUT2D eigenvalue weighted by atomic mass is 9.84. The second-order valence-electron chi connectivity index (χ2n) is 12.3. The van der Waals surface area contributed by atoms with Gasteiger partial charge < -0.3 is 24.2 Å². The molecule has 1 aliphatic rings. The van der Waals surface area contributed by atoms with Gasteiger partial charge in [0.25, 0.3) is 5.91 Å². The number of hydrogen-bond acceptors (Lipinski definition) is 9. The van der Waals surface area contributed by atoms with Crippen LogP contribution in [0, 0.1) is 11.7 Å². The van der Waals surface area contributed by atoms with Gasteiger partial charge in [-0.05, 0) is 52.6 Å². The lowest BCUT2D eigenvalue weighted by Gasteiger charge is -2.38. The molecule has 4 rings (SSSR count). The first-order valence-electron chi connectivity index (χ1n) is 15.6. The fourth-order valence-corrected chi connectivity index (χ4v) is 5.58. The molecular formula is C33H43F3N6O4. The van der Waals surface area contributed by atoms with E-state index in [9.17, 15) is 18.0 Å². The summed E-state index contributed by atoms with van der Waals surface area (Å²) in [7, 11) is 1.70. The molecule has 1 aliphatic heterocycles. The molecule has 1 fully saturated rings. The smallest absolute Gasteiger partial charge is 0.282 e. The molecule has 0 aliphatic carbocycles. The third-order valence-corrected chi connectivity index (χ3v) is 8.47. The third-order valence-electron chi connectivity index (χ3n) is 8.47. The Morgan fingerprint density at radius 3 is 2.59 bits per heavy atom.